The van der Waals surface area contributed by atoms with Gasteiger partial charge in [0.05, 0.1) is 0 Å². The molecule has 2 aliphatic rings. The summed E-state index contributed by atoms with van der Waals surface area (Å²) in [6, 6.07) is 0. The molecule has 2 atom stereocenters. The van der Waals surface area contributed by atoms with Crippen LogP contribution in [-0.4, -0.2) is 23.2 Å². The molecule has 0 bridgehead atoms. The van der Waals surface area contributed by atoms with E-state index in [0.29, 0.717) is 5.92 Å². The molecule has 1 heterocycles. The molecule has 1 saturated carbocycles. The monoisotopic (exact) mass is 155 g/mol. The first-order chi connectivity index (χ1) is 5.26. The molecule has 1 aliphatic heterocycles. The first-order valence-corrected chi connectivity index (χ1v) is 4.24. The lowest BCUT2D eigenvalue weighted by atomic mass is 10.1. The van der Waals surface area contributed by atoms with E-state index in [4.69, 9.17) is 5.11 Å². The molecule has 3 heteroatoms. The van der Waals surface area contributed by atoms with Crippen LogP contribution in [0.15, 0.2) is 0 Å². The lowest BCUT2D eigenvalue weighted by molar-refractivity contribution is -0.141. The molecule has 1 aliphatic carbocycles. The van der Waals surface area contributed by atoms with Gasteiger partial charge >= 0.3 is 5.97 Å². The Morgan fingerprint density at radius 1 is 1.55 bits per heavy atom. The van der Waals surface area contributed by atoms with E-state index in [-0.39, 0.29) is 0 Å². The minimum Gasteiger partial charge on any atom is -0.480 e. The molecule has 11 heavy (non-hydrogen) atoms. The highest BCUT2D eigenvalue weighted by Gasteiger charge is 2.60. The number of hydrogen-bond donors (Lipinski definition) is 2. The molecule has 3 nitrogen and oxygen atoms in total. The summed E-state index contributed by atoms with van der Waals surface area (Å²) < 4.78 is 0. The minimum atomic E-state index is -0.649. The van der Waals surface area contributed by atoms with Crippen LogP contribution in [0.5, 0.6) is 0 Å². The molecule has 2 fully saturated rings. The van der Waals surface area contributed by atoms with Crippen molar-refractivity contribution in [3.63, 3.8) is 0 Å². The van der Waals surface area contributed by atoms with Gasteiger partial charge in [0.2, 0.25) is 0 Å². The summed E-state index contributed by atoms with van der Waals surface area (Å²) in [5.74, 6) is -0.230. The number of hydrogen-bond acceptors (Lipinski definition) is 2. The Labute approximate surface area is 65.8 Å². The summed E-state index contributed by atoms with van der Waals surface area (Å²) in [5.41, 5.74) is -0.503. The molecule has 2 unspecified atom stereocenters. The second-order valence-electron chi connectivity index (χ2n) is 3.60. The third-order valence-corrected chi connectivity index (χ3v) is 2.91. The summed E-state index contributed by atoms with van der Waals surface area (Å²) >= 11 is 0. The Hall–Kier alpha value is -0.570. The number of carbonyl (C=O) groups is 1. The normalized spacial score (nSPS) is 42.4. The lowest BCUT2D eigenvalue weighted by Gasteiger charge is -2.10. The van der Waals surface area contributed by atoms with E-state index in [1.807, 2.05) is 0 Å². The Morgan fingerprint density at radius 3 is 3.09 bits per heavy atom. The van der Waals surface area contributed by atoms with Gasteiger partial charge in [-0.25, -0.2) is 0 Å². The van der Waals surface area contributed by atoms with Gasteiger partial charge in [-0.1, -0.05) is 6.42 Å². The van der Waals surface area contributed by atoms with Crippen LogP contribution in [0.4, 0.5) is 0 Å². The van der Waals surface area contributed by atoms with E-state index >= 15 is 0 Å². The van der Waals surface area contributed by atoms with Crippen LogP contribution < -0.4 is 5.32 Å². The maximum absolute atomic E-state index is 10.8. The fraction of sp³-hybridized carbons (Fsp3) is 0.875. The third kappa shape index (κ3) is 0.948. The summed E-state index contributed by atoms with van der Waals surface area (Å²) in [6.45, 7) is 0.878. The zero-order chi connectivity index (χ0) is 7.90. The van der Waals surface area contributed by atoms with Crippen LogP contribution >= 0.6 is 0 Å². The molecule has 0 aromatic heterocycles. The smallest absolute Gasteiger partial charge is 0.324 e. The second kappa shape index (κ2) is 2.21. The van der Waals surface area contributed by atoms with E-state index in [1.54, 1.807) is 0 Å². The van der Waals surface area contributed by atoms with Crippen molar-refractivity contribution >= 4 is 5.97 Å². The number of carboxylic acid groups (broad SMARTS) is 1. The van der Waals surface area contributed by atoms with Gasteiger partial charge < -0.3 is 10.4 Å². The molecule has 0 aromatic rings. The van der Waals surface area contributed by atoms with Crippen LogP contribution in [0.25, 0.3) is 0 Å². The Kier molecular flexibility index (Phi) is 1.42. The van der Waals surface area contributed by atoms with Crippen molar-refractivity contribution < 1.29 is 9.90 Å². The third-order valence-electron chi connectivity index (χ3n) is 2.91. The highest BCUT2D eigenvalue weighted by Crippen LogP contribution is 2.48. The highest BCUT2D eigenvalue weighted by molar-refractivity contribution is 5.83. The zero-order valence-electron chi connectivity index (χ0n) is 6.47. The number of rotatable bonds is 1. The van der Waals surface area contributed by atoms with Crippen LogP contribution in [0.3, 0.4) is 0 Å². The summed E-state index contributed by atoms with van der Waals surface area (Å²) in [4.78, 5) is 10.8. The maximum atomic E-state index is 10.8. The molecule has 0 spiro atoms. The number of nitrogens with one attached hydrogen (secondary N) is 1. The van der Waals surface area contributed by atoms with Crippen molar-refractivity contribution in [1.29, 1.82) is 0 Å². The van der Waals surface area contributed by atoms with E-state index in [0.717, 1.165) is 25.8 Å². The van der Waals surface area contributed by atoms with Crippen LogP contribution in [0.2, 0.25) is 0 Å². The summed E-state index contributed by atoms with van der Waals surface area (Å²) in [7, 11) is 0. The number of aliphatic carboxylic acids is 1. The van der Waals surface area contributed by atoms with Crippen molar-refractivity contribution in [1.82, 2.24) is 5.32 Å². The molecule has 0 amide bonds. The quantitative estimate of drug-likeness (QED) is 0.583. The van der Waals surface area contributed by atoms with Gasteiger partial charge in [-0.05, 0) is 31.7 Å². The number of fused-ring (bicyclic) bond motifs is 1. The minimum absolute atomic E-state index is 0.419. The number of carboxylic acids is 1. The molecule has 0 radical (unpaired) electrons. The Balaban J connectivity index is 2.10. The predicted octanol–water partition coefficient (Wildman–Crippen LogP) is 0.603. The van der Waals surface area contributed by atoms with Gasteiger partial charge in [-0.3, -0.25) is 4.79 Å². The van der Waals surface area contributed by atoms with Gasteiger partial charge in [-0.15, -0.1) is 0 Å². The predicted molar refractivity (Wildman–Crippen MR) is 40.3 cm³/mol. The fourth-order valence-electron chi connectivity index (χ4n) is 2.06. The van der Waals surface area contributed by atoms with Gasteiger partial charge in [0.1, 0.15) is 5.54 Å². The topological polar surface area (TPSA) is 49.3 Å². The van der Waals surface area contributed by atoms with Crippen molar-refractivity contribution in [2.24, 2.45) is 5.92 Å². The van der Waals surface area contributed by atoms with Crippen LogP contribution in [0, 0.1) is 5.92 Å². The molecular weight excluding hydrogens is 142 g/mol. The Morgan fingerprint density at radius 2 is 2.36 bits per heavy atom. The summed E-state index contributed by atoms with van der Waals surface area (Å²) in [5, 5.41) is 12.0. The average Bonchev–Trinajstić information content (AvgIpc) is 2.57. The van der Waals surface area contributed by atoms with E-state index in [1.165, 1.54) is 6.42 Å². The molecule has 1 saturated heterocycles. The molecule has 0 aromatic carbocycles. The van der Waals surface area contributed by atoms with Crippen LogP contribution in [0.1, 0.15) is 25.7 Å². The standard InChI is InChI=1S/C8H13NO2/c10-7(11)8-5-6(8)3-1-2-4-9-8/h6,9H,1-5H2,(H,10,11). The van der Waals surface area contributed by atoms with Crippen molar-refractivity contribution in [3.05, 3.63) is 0 Å². The SMILES string of the molecule is O=C(O)C12CC1CCCCN2. The molecule has 62 valence electrons. The molecule has 2 rings (SSSR count). The average molecular weight is 155 g/mol. The van der Waals surface area contributed by atoms with Gasteiger partial charge in [-0.2, -0.15) is 0 Å². The van der Waals surface area contributed by atoms with Crippen LogP contribution in [-0.2, 0) is 4.79 Å². The highest BCUT2D eigenvalue weighted by atomic mass is 16.4. The second-order valence-corrected chi connectivity index (χ2v) is 3.60. The van der Waals surface area contributed by atoms with Crippen molar-refractivity contribution in [3.8, 4) is 0 Å². The van der Waals surface area contributed by atoms with E-state index in [9.17, 15) is 4.79 Å². The van der Waals surface area contributed by atoms with E-state index in [2.05, 4.69) is 5.32 Å². The molecule has 2 N–H and O–H groups in total. The van der Waals surface area contributed by atoms with E-state index < -0.39 is 11.5 Å². The van der Waals surface area contributed by atoms with Gasteiger partial charge in [0.15, 0.2) is 0 Å². The first kappa shape index (κ1) is 7.10. The first-order valence-electron chi connectivity index (χ1n) is 4.24. The fourth-order valence-corrected chi connectivity index (χ4v) is 2.06. The molecular formula is C8H13NO2. The lowest BCUT2D eigenvalue weighted by Crippen LogP contribution is -2.40. The van der Waals surface area contributed by atoms with Crippen molar-refractivity contribution in [2.75, 3.05) is 6.54 Å². The zero-order valence-corrected chi connectivity index (χ0v) is 6.47. The largest absolute Gasteiger partial charge is 0.480 e. The van der Waals surface area contributed by atoms with Gasteiger partial charge in [0.25, 0.3) is 0 Å². The summed E-state index contributed by atoms with van der Waals surface area (Å²) in [6.07, 6.45) is 4.26. The van der Waals surface area contributed by atoms with Gasteiger partial charge in [0, 0.05) is 0 Å². The maximum Gasteiger partial charge on any atom is 0.324 e. The van der Waals surface area contributed by atoms with Crippen molar-refractivity contribution in [2.45, 2.75) is 31.2 Å². The Bertz CT molecular complexity index is 193.